The molecular formula is C13H26N4O. The molecule has 5 nitrogen and oxygen atoms in total. The van der Waals surface area contributed by atoms with Gasteiger partial charge < -0.3 is 16.2 Å². The van der Waals surface area contributed by atoms with Gasteiger partial charge >= 0.3 is 0 Å². The molecule has 4 N–H and O–H groups in total. The van der Waals surface area contributed by atoms with Crippen LogP contribution < -0.4 is 11.1 Å². The molecule has 1 rings (SSSR count). The first-order chi connectivity index (χ1) is 8.62. The highest BCUT2D eigenvalue weighted by Crippen LogP contribution is 2.15. The molecule has 2 unspecified atom stereocenters. The summed E-state index contributed by atoms with van der Waals surface area (Å²) in [7, 11) is 0. The van der Waals surface area contributed by atoms with E-state index in [1.165, 1.54) is 0 Å². The monoisotopic (exact) mass is 254 g/mol. The lowest BCUT2D eigenvalue weighted by atomic mass is 10.1. The Morgan fingerprint density at radius 1 is 1.50 bits per heavy atom. The molecular weight excluding hydrogens is 228 g/mol. The standard InChI is InChI=1S/C13H26N4O/c1-4-12(5-6-18)16-13(7-14)11-8-15-17(9-11)10(2)3/h8-10,12-13,16,18H,4-7,14H2,1-3H3. The summed E-state index contributed by atoms with van der Waals surface area (Å²) in [5, 5.41) is 16.8. The lowest BCUT2D eigenvalue weighted by Gasteiger charge is -2.22. The highest BCUT2D eigenvalue weighted by molar-refractivity contribution is 5.11. The lowest BCUT2D eigenvalue weighted by molar-refractivity contribution is 0.255. The average Bonchev–Trinajstić information content (AvgIpc) is 2.84. The summed E-state index contributed by atoms with van der Waals surface area (Å²) in [4.78, 5) is 0. The number of rotatable bonds is 8. The van der Waals surface area contributed by atoms with Gasteiger partial charge in [-0.25, -0.2) is 0 Å². The van der Waals surface area contributed by atoms with Gasteiger partial charge in [-0.2, -0.15) is 5.10 Å². The number of aromatic nitrogens is 2. The van der Waals surface area contributed by atoms with Gasteiger partial charge in [-0.1, -0.05) is 6.92 Å². The van der Waals surface area contributed by atoms with Crippen molar-refractivity contribution in [3.05, 3.63) is 18.0 Å². The second-order valence-corrected chi connectivity index (χ2v) is 4.92. The molecule has 0 aliphatic rings. The molecule has 1 aromatic heterocycles. The fraction of sp³-hybridized carbons (Fsp3) is 0.769. The Kier molecular flexibility index (Phi) is 6.32. The smallest absolute Gasteiger partial charge is 0.0538 e. The second-order valence-electron chi connectivity index (χ2n) is 4.92. The van der Waals surface area contributed by atoms with Gasteiger partial charge in [-0.05, 0) is 26.7 Å². The molecule has 0 bridgehead atoms. The van der Waals surface area contributed by atoms with Crippen LogP contribution >= 0.6 is 0 Å². The van der Waals surface area contributed by atoms with Gasteiger partial charge in [0.15, 0.2) is 0 Å². The van der Waals surface area contributed by atoms with Gasteiger partial charge in [0, 0.05) is 43.0 Å². The van der Waals surface area contributed by atoms with E-state index < -0.39 is 0 Å². The maximum atomic E-state index is 9.01. The number of aliphatic hydroxyl groups excluding tert-OH is 1. The summed E-state index contributed by atoms with van der Waals surface area (Å²) in [6, 6.07) is 0.761. The largest absolute Gasteiger partial charge is 0.396 e. The molecule has 0 amide bonds. The minimum absolute atomic E-state index is 0.106. The van der Waals surface area contributed by atoms with Gasteiger partial charge in [0.05, 0.1) is 6.20 Å². The van der Waals surface area contributed by atoms with E-state index in [2.05, 4.69) is 31.2 Å². The predicted molar refractivity (Wildman–Crippen MR) is 73.3 cm³/mol. The van der Waals surface area contributed by atoms with E-state index in [0.717, 1.165) is 18.4 Å². The third-order valence-corrected chi connectivity index (χ3v) is 3.20. The van der Waals surface area contributed by atoms with Crippen molar-refractivity contribution >= 4 is 0 Å². The lowest BCUT2D eigenvalue weighted by Crippen LogP contribution is -2.36. The summed E-state index contributed by atoms with van der Waals surface area (Å²) in [5.41, 5.74) is 6.94. The van der Waals surface area contributed by atoms with Crippen LogP contribution in [0, 0.1) is 0 Å². The zero-order valence-electron chi connectivity index (χ0n) is 11.6. The number of nitrogens with two attached hydrogens (primary N) is 1. The Bertz CT molecular complexity index is 337. The van der Waals surface area contributed by atoms with E-state index in [9.17, 15) is 0 Å². The molecule has 0 aliphatic carbocycles. The number of hydrogen-bond acceptors (Lipinski definition) is 4. The van der Waals surface area contributed by atoms with E-state index in [0.29, 0.717) is 18.6 Å². The van der Waals surface area contributed by atoms with E-state index in [1.807, 2.05) is 17.1 Å². The number of nitrogens with zero attached hydrogens (tertiary/aromatic N) is 2. The zero-order valence-corrected chi connectivity index (χ0v) is 11.6. The summed E-state index contributed by atoms with van der Waals surface area (Å²) in [5.74, 6) is 0. The van der Waals surface area contributed by atoms with Crippen LogP contribution in [-0.4, -0.2) is 34.1 Å². The van der Waals surface area contributed by atoms with E-state index in [-0.39, 0.29) is 12.6 Å². The summed E-state index contributed by atoms with van der Waals surface area (Å²) in [6.07, 6.45) is 5.65. The highest BCUT2D eigenvalue weighted by atomic mass is 16.3. The maximum Gasteiger partial charge on any atom is 0.0538 e. The fourth-order valence-corrected chi connectivity index (χ4v) is 1.96. The maximum absolute atomic E-state index is 9.01. The first-order valence-corrected chi connectivity index (χ1v) is 6.73. The van der Waals surface area contributed by atoms with Gasteiger partial charge in [0.1, 0.15) is 0 Å². The van der Waals surface area contributed by atoms with E-state index in [1.54, 1.807) is 0 Å². The molecule has 0 fully saturated rings. The Morgan fingerprint density at radius 2 is 2.22 bits per heavy atom. The van der Waals surface area contributed by atoms with Crippen molar-refractivity contribution in [2.45, 2.75) is 51.7 Å². The molecule has 1 heterocycles. The first-order valence-electron chi connectivity index (χ1n) is 6.73. The van der Waals surface area contributed by atoms with Crippen molar-refractivity contribution in [1.82, 2.24) is 15.1 Å². The molecule has 0 saturated carbocycles. The number of nitrogens with one attached hydrogen (secondary N) is 1. The van der Waals surface area contributed by atoms with Crippen molar-refractivity contribution in [3.63, 3.8) is 0 Å². The number of aliphatic hydroxyl groups is 1. The topological polar surface area (TPSA) is 76.1 Å². The molecule has 0 aliphatic heterocycles. The third kappa shape index (κ3) is 4.08. The second kappa shape index (κ2) is 7.51. The van der Waals surface area contributed by atoms with Crippen LogP contribution in [0.4, 0.5) is 0 Å². The van der Waals surface area contributed by atoms with Crippen molar-refractivity contribution in [3.8, 4) is 0 Å². The highest BCUT2D eigenvalue weighted by Gasteiger charge is 2.16. The van der Waals surface area contributed by atoms with Crippen molar-refractivity contribution < 1.29 is 5.11 Å². The third-order valence-electron chi connectivity index (χ3n) is 3.20. The molecule has 0 radical (unpaired) electrons. The summed E-state index contributed by atoms with van der Waals surface area (Å²) < 4.78 is 1.94. The van der Waals surface area contributed by atoms with E-state index in [4.69, 9.17) is 10.8 Å². The molecule has 2 atom stereocenters. The predicted octanol–water partition coefficient (Wildman–Crippen LogP) is 1.21. The summed E-state index contributed by atoms with van der Waals surface area (Å²) in [6.45, 7) is 7.04. The molecule has 1 aromatic rings. The van der Waals surface area contributed by atoms with Crippen LogP contribution in [0.5, 0.6) is 0 Å². The van der Waals surface area contributed by atoms with Crippen LogP contribution in [0.2, 0.25) is 0 Å². The molecule has 18 heavy (non-hydrogen) atoms. The fourth-order valence-electron chi connectivity index (χ4n) is 1.96. The van der Waals surface area contributed by atoms with Crippen LogP contribution in [0.1, 0.15) is 51.3 Å². The van der Waals surface area contributed by atoms with Crippen LogP contribution in [0.15, 0.2) is 12.4 Å². The van der Waals surface area contributed by atoms with Crippen LogP contribution in [0.3, 0.4) is 0 Å². The Morgan fingerprint density at radius 3 is 2.67 bits per heavy atom. The minimum atomic E-state index is 0.106. The molecule has 0 saturated heterocycles. The average molecular weight is 254 g/mol. The van der Waals surface area contributed by atoms with Crippen LogP contribution in [0.25, 0.3) is 0 Å². The van der Waals surface area contributed by atoms with Crippen molar-refractivity contribution in [1.29, 1.82) is 0 Å². The SMILES string of the molecule is CCC(CCO)NC(CN)c1cnn(C(C)C)c1. The zero-order chi connectivity index (χ0) is 13.5. The van der Waals surface area contributed by atoms with Crippen LogP contribution in [-0.2, 0) is 0 Å². The van der Waals surface area contributed by atoms with E-state index >= 15 is 0 Å². The Hall–Kier alpha value is -0.910. The number of hydrogen-bond donors (Lipinski definition) is 3. The summed E-state index contributed by atoms with van der Waals surface area (Å²) >= 11 is 0. The molecule has 5 heteroatoms. The van der Waals surface area contributed by atoms with Crippen molar-refractivity contribution in [2.75, 3.05) is 13.2 Å². The Labute approximate surface area is 109 Å². The molecule has 104 valence electrons. The normalized spacial score (nSPS) is 15.0. The van der Waals surface area contributed by atoms with Gasteiger partial charge in [0.2, 0.25) is 0 Å². The molecule has 0 spiro atoms. The van der Waals surface area contributed by atoms with Crippen molar-refractivity contribution in [2.24, 2.45) is 5.73 Å². The minimum Gasteiger partial charge on any atom is -0.396 e. The first kappa shape index (κ1) is 15.1. The van der Waals surface area contributed by atoms with Gasteiger partial charge in [0.25, 0.3) is 0 Å². The Balaban J connectivity index is 2.69. The van der Waals surface area contributed by atoms with Gasteiger partial charge in [-0.3, -0.25) is 4.68 Å². The van der Waals surface area contributed by atoms with Gasteiger partial charge in [-0.15, -0.1) is 0 Å². The molecule has 0 aromatic carbocycles. The quantitative estimate of drug-likeness (QED) is 0.652.